The van der Waals surface area contributed by atoms with E-state index in [9.17, 15) is 0 Å². The summed E-state index contributed by atoms with van der Waals surface area (Å²) >= 11 is 9.59. The van der Waals surface area contributed by atoms with Crippen LogP contribution in [0, 0.1) is 0 Å². The van der Waals surface area contributed by atoms with Gasteiger partial charge in [0.2, 0.25) is 0 Å². The van der Waals surface area contributed by atoms with Gasteiger partial charge in [-0.3, -0.25) is 16.3 Å². The zero-order valence-electron chi connectivity index (χ0n) is 10.3. The van der Waals surface area contributed by atoms with Crippen LogP contribution >= 0.6 is 27.5 Å². The van der Waals surface area contributed by atoms with Crippen LogP contribution < -0.4 is 11.3 Å². The molecule has 0 aliphatic rings. The van der Waals surface area contributed by atoms with Gasteiger partial charge in [-0.1, -0.05) is 39.7 Å². The number of hydrazine groups is 1. The van der Waals surface area contributed by atoms with Crippen molar-refractivity contribution >= 4 is 27.5 Å². The van der Waals surface area contributed by atoms with Crippen LogP contribution in [0.1, 0.15) is 11.1 Å². The van der Waals surface area contributed by atoms with Crippen molar-refractivity contribution in [2.24, 2.45) is 5.84 Å². The number of aromatic nitrogens is 1. The monoisotopic (exact) mass is 339 g/mol. The first kappa shape index (κ1) is 14.5. The summed E-state index contributed by atoms with van der Waals surface area (Å²) in [5.74, 6) is 5.64. The minimum atomic E-state index is 0.134. The lowest BCUT2D eigenvalue weighted by molar-refractivity contribution is 0.522. The van der Waals surface area contributed by atoms with E-state index in [2.05, 4.69) is 38.5 Å². The SMILES string of the molecule is NNC(Cc1cccc(Br)c1)Cc1ccncc1Cl. The van der Waals surface area contributed by atoms with Crippen molar-refractivity contribution in [3.8, 4) is 0 Å². The largest absolute Gasteiger partial charge is 0.271 e. The Morgan fingerprint density at radius 2 is 2.16 bits per heavy atom. The molecule has 100 valence electrons. The van der Waals surface area contributed by atoms with Crippen LogP contribution in [0.15, 0.2) is 47.2 Å². The molecule has 0 aliphatic heterocycles. The Morgan fingerprint density at radius 3 is 2.84 bits per heavy atom. The number of rotatable bonds is 5. The molecule has 0 aliphatic carbocycles. The first-order chi connectivity index (χ1) is 9.19. The summed E-state index contributed by atoms with van der Waals surface area (Å²) in [5, 5.41) is 0.678. The fourth-order valence-electron chi connectivity index (χ4n) is 1.97. The minimum absolute atomic E-state index is 0.134. The quantitative estimate of drug-likeness (QED) is 0.649. The summed E-state index contributed by atoms with van der Waals surface area (Å²) in [4.78, 5) is 3.98. The Labute approximate surface area is 126 Å². The highest BCUT2D eigenvalue weighted by atomic mass is 79.9. The molecule has 0 bridgehead atoms. The number of nitrogens with one attached hydrogen (secondary N) is 1. The molecule has 1 atom stereocenters. The van der Waals surface area contributed by atoms with E-state index in [4.69, 9.17) is 17.4 Å². The third kappa shape index (κ3) is 4.28. The molecule has 1 unspecified atom stereocenters. The highest BCUT2D eigenvalue weighted by molar-refractivity contribution is 9.10. The predicted molar refractivity (Wildman–Crippen MR) is 81.9 cm³/mol. The molecule has 0 amide bonds. The first-order valence-electron chi connectivity index (χ1n) is 5.98. The fourth-order valence-corrected chi connectivity index (χ4v) is 2.62. The lowest BCUT2D eigenvalue weighted by Gasteiger charge is -2.16. The summed E-state index contributed by atoms with van der Waals surface area (Å²) in [6.07, 6.45) is 5.01. The van der Waals surface area contributed by atoms with Gasteiger partial charge in [0.1, 0.15) is 0 Å². The van der Waals surface area contributed by atoms with Crippen molar-refractivity contribution < 1.29 is 0 Å². The van der Waals surface area contributed by atoms with Gasteiger partial charge in [0.15, 0.2) is 0 Å². The Bertz CT molecular complexity index is 548. The summed E-state index contributed by atoms with van der Waals surface area (Å²) in [7, 11) is 0. The molecule has 0 radical (unpaired) electrons. The third-order valence-corrected chi connectivity index (χ3v) is 3.76. The van der Waals surface area contributed by atoms with E-state index in [-0.39, 0.29) is 6.04 Å². The van der Waals surface area contributed by atoms with E-state index in [1.165, 1.54) is 5.56 Å². The van der Waals surface area contributed by atoms with Crippen molar-refractivity contribution in [2.45, 2.75) is 18.9 Å². The molecule has 3 nitrogen and oxygen atoms in total. The number of benzene rings is 1. The highest BCUT2D eigenvalue weighted by Crippen LogP contribution is 2.18. The predicted octanol–water partition coefficient (Wildman–Crippen LogP) is 3.11. The Hall–Kier alpha value is -0.940. The molecule has 0 saturated carbocycles. The van der Waals surface area contributed by atoms with Crippen molar-refractivity contribution in [2.75, 3.05) is 0 Å². The van der Waals surface area contributed by atoms with E-state index in [1.807, 2.05) is 18.2 Å². The van der Waals surface area contributed by atoms with Crippen molar-refractivity contribution in [1.82, 2.24) is 10.4 Å². The van der Waals surface area contributed by atoms with Crippen LogP contribution in [0.5, 0.6) is 0 Å². The molecular weight excluding hydrogens is 326 g/mol. The highest BCUT2D eigenvalue weighted by Gasteiger charge is 2.11. The molecule has 0 saturated heterocycles. The zero-order chi connectivity index (χ0) is 13.7. The summed E-state index contributed by atoms with van der Waals surface area (Å²) in [6.45, 7) is 0. The van der Waals surface area contributed by atoms with E-state index >= 15 is 0 Å². The van der Waals surface area contributed by atoms with Crippen LogP contribution in [0.2, 0.25) is 5.02 Å². The fraction of sp³-hybridized carbons (Fsp3) is 0.214. The second kappa shape index (κ2) is 7.01. The molecule has 2 aromatic rings. The van der Waals surface area contributed by atoms with Gasteiger partial charge in [-0.2, -0.15) is 0 Å². The molecule has 19 heavy (non-hydrogen) atoms. The molecule has 5 heteroatoms. The topological polar surface area (TPSA) is 50.9 Å². The van der Waals surface area contributed by atoms with E-state index < -0.39 is 0 Å². The third-order valence-electron chi connectivity index (χ3n) is 2.93. The standard InChI is InChI=1S/C14H15BrClN3/c15-12-3-1-2-10(6-12)7-13(19-17)8-11-4-5-18-9-14(11)16/h1-6,9,13,19H,7-8,17H2. The van der Waals surface area contributed by atoms with Crippen LogP contribution in [0.25, 0.3) is 0 Å². The van der Waals surface area contributed by atoms with E-state index in [1.54, 1.807) is 12.4 Å². The Kier molecular flexibility index (Phi) is 5.34. The molecule has 1 heterocycles. The Morgan fingerprint density at radius 1 is 1.32 bits per heavy atom. The van der Waals surface area contributed by atoms with Crippen molar-refractivity contribution in [3.63, 3.8) is 0 Å². The maximum atomic E-state index is 6.11. The normalized spacial score (nSPS) is 12.4. The number of pyridine rings is 1. The number of hydrogen-bond acceptors (Lipinski definition) is 3. The van der Waals surface area contributed by atoms with Gasteiger partial charge >= 0.3 is 0 Å². The smallest absolute Gasteiger partial charge is 0.0621 e. The van der Waals surface area contributed by atoms with Crippen LogP contribution in [-0.4, -0.2) is 11.0 Å². The molecule has 0 fully saturated rings. The maximum Gasteiger partial charge on any atom is 0.0621 e. The maximum absolute atomic E-state index is 6.11. The van der Waals surface area contributed by atoms with Crippen molar-refractivity contribution in [3.05, 3.63) is 63.3 Å². The molecule has 3 N–H and O–H groups in total. The molecule has 0 spiro atoms. The minimum Gasteiger partial charge on any atom is -0.271 e. The summed E-state index contributed by atoms with van der Waals surface area (Å²) in [6, 6.07) is 10.3. The molecular formula is C14H15BrClN3. The van der Waals surface area contributed by atoms with Crippen LogP contribution in [0.4, 0.5) is 0 Å². The molecule has 1 aromatic heterocycles. The summed E-state index contributed by atoms with van der Waals surface area (Å²) < 4.78 is 1.07. The van der Waals surface area contributed by atoms with E-state index in [0.29, 0.717) is 5.02 Å². The second-order valence-corrected chi connectivity index (χ2v) is 5.69. The molecule has 1 aromatic carbocycles. The van der Waals surface area contributed by atoms with Gasteiger partial charge < -0.3 is 0 Å². The van der Waals surface area contributed by atoms with Gasteiger partial charge in [0.05, 0.1) is 5.02 Å². The lowest BCUT2D eigenvalue weighted by atomic mass is 10.0. The van der Waals surface area contributed by atoms with E-state index in [0.717, 1.165) is 22.9 Å². The summed E-state index contributed by atoms with van der Waals surface area (Å²) in [5.41, 5.74) is 5.13. The zero-order valence-corrected chi connectivity index (χ0v) is 12.7. The number of nitrogens with zero attached hydrogens (tertiary/aromatic N) is 1. The average Bonchev–Trinajstić information content (AvgIpc) is 2.40. The lowest BCUT2D eigenvalue weighted by Crippen LogP contribution is -2.38. The van der Waals surface area contributed by atoms with Gasteiger partial charge in [-0.25, -0.2) is 0 Å². The van der Waals surface area contributed by atoms with Gasteiger partial charge in [0.25, 0.3) is 0 Å². The Balaban J connectivity index is 2.07. The number of hydrogen-bond donors (Lipinski definition) is 2. The average molecular weight is 341 g/mol. The van der Waals surface area contributed by atoms with Gasteiger partial charge in [-0.15, -0.1) is 0 Å². The van der Waals surface area contributed by atoms with Crippen molar-refractivity contribution in [1.29, 1.82) is 0 Å². The van der Waals surface area contributed by atoms with Gasteiger partial charge in [0, 0.05) is 22.9 Å². The first-order valence-corrected chi connectivity index (χ1v) is 7.15. The second-order valence-electron chi connectivity index (χ2n) is 4.37. The number of nitrogens with two attached hydrogens (primary N) is 1. The molecule has 2 rings (SSSR count). The van der Waals surface area contributed by atoms with Crippen LogP contribution in [-0.2, 0) is 12.8 Å². The number of halogens is 2. The van der Waals surface area contributed by atoms with Gasteiger partial charge in [-0.05, 0) is 42.2 Å². The van der Waals surface area contributed by atoms with Crippen LogP contribution in [0.3, 0.4) is 0 Å².